The molecule has 0 aromatic heterocycles. The third kappa shape index (κ3) is 1.69. The summed E-state index contributed by atoms with van der Waals surface area (Å²) < 4.78 is 0. The third-order valence-corrected chi connectivity index (χ3v) is 3.29. The van der Waals surface area contributed by atoms with E-state index in [2.05, 4.69) is 5.32 Å². The van der Waals surface area contributed by atoms with Crippen LogP contribution in [0.2, 0.25) is 0 Å². The maximum atomic E-state index is 11.6. The van der Waals surface area contributed by atoms with Gasteiger partial charge < -0.3 is 10.4 Å². The average Bonchev–Trinajstić information content (AvgIpc) is 2.80. The minimum Gasteiger partial charge on any atom is -0.392 e. The number of nitrogens with one attached hydrogen (secondary N) is 1. The van der Waals surface area contributed by atoms with E-state index in [4.69, 9.17) is 0 Å². The van der Waals surface area contributed by atoms with Gasteiger partial charge in [-0.25, -0.2) is 0 Å². The van der Waals surface area contributed by atoms with Crippen LogP contribution < -0.4 is 5.32 Å². The van der Waals surface area contributed by atoms with Gasteiger partial charge in [0.1, 0.15) is 0 Å². The van der Waals surface area contributed by atoms with Gasteiger partial charge in [0.25, 0.3) is 5.91 Å². The Bertz CT molecular complexity index is 620. The zero-order chi connectivity index (χ0) is 12.5. The van der Waals surface area contributed by atoms with E-state index in [1.165, 1.54) is 0 Å². The van der Waals surface area contributed by atoms with Crippen LogP contribution in [0.4, 0.5) is 0 Å². The average molecular weight is 239 g/mol. The molecule has 0 unspecified atom stereocenters. The van der Waals surface area contributed by atoms with Crippen molar-refractivity contribution in [2.75, 3.05) is 0 Å². The van der Waals surface area contributed by atoms with Gasteiger partial charge in [0.15, 0.2) is 0 Å². The van der Waals surface area contributed by atoms with E-state index in [1.807, 2.05) is 42.5 Å². The molecule has 0 saturated carbocycles. The van der Waals surface area contributed by atoms with E-state index >= 15 is 0 Å². The molecule has 0 radical (unpaired) electrons. The predicted molar refractivity (Wildman–Crippen MR) is 69.0 cm³/mol. The maximum Gasteiger partial charge on any atom is 0.251 e. The van der Waals surface area contributed by atoms with Crippen LogP contribution >= 0.6 is 0 Å². The highest BCUT2D eigenvalue weighted by Gasteiger charge is 2.19. The fourth-order valence-electron chi connectivity index (χ4n) is 2.32. The van der Waals surface area contributed by atoms with Gasteiger partial charge in [-0.1, -0.05) is 36.4 Å². The second kappa shape index (κ2) is 4.27. The first-order chi connectivity index (χ1) is 8.79. The Balaban J connectivity index is 2.13. The summed E-state index contributed by atoms with van der Waals surface area (Å²) >= 11 is 0. The normalized spacial score (nSPS) is 13.3. The number of aliphatic hydroxyl groups excluding tert-OH is 1. The number of amides is 1. The topological polar surface area (TPSA) is 49.3 Å². The Morgan fingerprint density at radius 2 is 1.94 bits per heavy atom. The molecule has 90 valence electrons. The lowest BCUT2D eigenvalue weighted by Gasteiger charge is -2.08. The Morgan fingerprint density at radius 3 is 2.78 bits per heavy atom. The molecule has 3 heteroatoms. The largest absolute Gasteiger partial charge is 0.392 e. The lowest BCUT2D eigenvalue weighted by atomic mass is 9.97. The molecule has 1 aliphatic heterocycles. The van der Waals surface area contributed by atoms with E-state index in [1.54, 1.807) is 0 Å². The van der Waals surface area contributed by atoms with E-state index in [0.29, 0.717) is 6.54 Å². The van der Waals surface area contributed by atoms with Crippen LogP contribution in [0.15, 0.2) is 42.5 Å². The second-order valence-electron chi connectivity index (χ2n) is 4.37. The van der Waals surface area contributed by atoms with Crippen molar-refractivity contribution >= 4 is 5.91 Å². The van der Waals surface area contributed by atoms with Crippen molar-refractivity contribution < 1.29 is 9.90 Å². The minimum atomic E-state index is -0.0201. The standard InChI is InChI=1S/C15H13NO2/c17-9-12-3-1-2-4-13(12)10-5-6-11-8-16-15(18)14(11)7-10/h1-7,17H,8-9H2,(H,16,18). The molecule has 2 aromatic carbocycles. The Labute approximate surface area is 105 Å². The van der Waals surface area contributed by atoms with E-state index in [0.717, 1.165) is 27.8 Å². The molecule has 2 N–H and O–H groups in total. The first-order valence-electron chi connectivity index (χ1n) is 5.90. The lowest BCUT2D eigenvalue weighted by Crippen LogP contribution is -2.12. The zero-order valence-corrected chi connectivity index (χ0v) is 9.81. The SMILES string of the molecule is O=C1NCc2ccc(-c3ccccc3CO)cc21. The van der Waals surface area contributed by atoms with Crippen molar-refractivity contribution in [1.29, 1.82) is 0 Å². The molecule has 0 aliphatic carbocycles. The highest BCUT2D eigenvalue weighted by molar-refractivity contribution is 5.99. The van der Waals surface area contributed by atoms with E-state index < -0.39 is 0 Å². The Morgan fingerprint density at radius 1 is 1.11 bits per heavy atom. The summed E-state index contributed by atoms with van der Waals surface area (Å²) in [6.45, 7) is 0.607. The maximum absolute atomic E-state index is 11.6. The van der Waals surface area contributed by atoms with Crippen LogP contribution in [0.3, 0.4) is 0 Å². The smallest absolute Gasteiger partial charge is 0.251 e. The molecule has 0 bridgehead atoms. The lowest BCUT2D eigenvalue weighted by molar-refractivity contribution is 0.0966. The van der Waals surface area contributed by atoms with Crippen LogP contribution in [0, 0.1) is 0 Å². The van der Waals surface area contributed by atoms with Gasteiger partial charge in [0.2, 0.25) is 0 Å². The van der Waals surface area contributed by atoms with Crippen LogP contribution in [0.5, 0.6) is 0 Å². The van der Waals surface area contributed by atoms with Crippen molar-refractivity contribution in [2.45, 2.75) is 13.2 Å². The summed E-state index contributed by atoms with van der Waals surface area (Å²) in [5, 5.41) is 12.1. The van der Waals surface area contributed by atoms with Crippen LogP contribution in [0.25, 0.3) is 11.1 Å². The summed E-state index contributed by atoms with van der Waals surface area (Å²) in [6.07, 6.45) is 0. The molecule has 18 heavy (non-hydrogen) atoms. The number of hydrogen-bond acceptors (Lipinski definition) is 2. The van der Waals surface area contributed by atoms with Crippen molar-refractivity contribution in [2.24, 2.45) is 0 Å². The van der Waals surface area contributed by atoms with E-state index in [9.17, 15) is 9.90 Å². The molecule has 1 amide bonds. The van der Waals surface area contributed by atoms with Crippen molar-refractivity contribution in [3.8, 4) is 11.1 Å². The minimum absolute atomic E-state index is 0.000541. The van der Waals surface area contributed by atoms with Crippen molar-refractivity contribution in [3.05, 3.63) is 59.2 Å². The number of carbonyl (C=O) groups is 1. The molecule has 0 saturated heterocycles. The quantitative estimate of drug-likeness (QED) is 0.843. The summed E-state index contributed by atoms with van der Waals surface area (Å²) in [7, 11) is 0. The molecule has 0 spiro atoms. The highest BCUT2D eigenvalue weighted by atomic mass is 16.3. The first kappa shape index (κ1) is 11.0. The van der Waals surface area contributed by atoms with Crippen molar-refractivity contribution in [3.63, 3.8) is 0 Å². The van der Waals surface area contributed by atoms with Gasteiger partial charge in [-0.15, -0.1) is 0 Å². The van der Waals surface area contributed by atoms with Crippen LogP contribution in [-0.4, -0.2) is 11.0 Å². The monoisotopic (exact) mass is 239 g/mol. The number of rotatable bonds is 2. The summed E-state index contributed by atoms with van der Waals surface area (Å²) in [6, 6.07) is 13.5. The summed E-state index contributed by atoms with van der Waals surface area (Å²) in [5.41, 5.74) is 4.58. The van der Waals surface area contributed by atoms with Gasteiger partial charge in [-0.2, -0.15) is 0 Å². The number of benzene rings is 2. The summed E-state index contributed by atoms with van der Waals surface area (Å²) in [5.74, 6) is -0.0201. The first-order valence-corrected chi connectivity index (χ1v) is 5.90. The number of fused-ring (bicyclic) bond motifs is 1. The number of hydrogen-bond donors (Lipinski definition) is 2. The van der Waals surface area contributed by atoms with E-state index in [-0.39, 0.29) is 12.5 Å². The Hall–Kier alpha value is -2.13. The second-order valence-corrected chi connectivity index (χ2v) is 4.37. The third-order valence-electron chi connectivity index (χ3n) is 3.29. The molecule has 2 aromatic rings. The van der Waals surface area contributed by atoms with Crippen LogP contribution in [-0.2, 0) is 13.2 Å². The van der Waals surface area contributed by atoms with Gasteiger partial charge in [0.05, 0.1) is 6.61 Å². The Kier molecular flexibility index (Phi) is 2.61. The zero-order valence-electron chi connectivity index (χ0n) is 9.81. The van der Waals surface area contributed by atoms with Crippen molar-refractivity contribution in [1.82, 2.24) is 5.32 Å². The molecular formula is C15H13NO2. The van der Waals surface area contributed by atoms with Gasteiger partial charge in [-0.3, -0.25) is 4.79 Å². The van der Waals surface area contributed by atoms with Gasteiger partial charge in [0, 0.05) is 12.1 Å². The molecule has 3 rings (SSSR count). The number of aliphatic hydroxyl groups is 1. The molecular weight excluding hydrogens is 226 g/mol. The molecule has 0 fully saturated rings. The van der Waals surface area contributed by atoms with Crippen LogP contribution in [0.1, 0.15) is 21.5 Å². The summed E-state index contributed by atoms with van der Waals surface area (Å²) in [4.78, 5) is 11.6. The molecule has 1 aliphatic rings. The molecule has 1 heterocycles. The fraction of sp³-hybridized carbons (Fsp3) is 0.133. The fourth-order valence-corrected chi connectivity index (χ4v) is 2.32. The number of carbonyl (C=O) groups excluding carboxylic acids is 1. The molecule has 0 atom stereocenters. The van der Waals surface area contributed by atoms with Gasteiger partial charge >= 0.3 is 0 Å². The predicted octanol–water partition coefficient (Wildman–Crippen LogP) is 2.09. The van der Waals surface area contributed by atoms with Gasteiger partial charge in [-0.05, 0) is 28.3 Å². The highest BCUT2D eigenvalue weighted by Crippen LogP contribution is 2.27. The molecule has 3 nitrogen and oxygen atoms in total.